The van der Waals surface area contributed by atoms with Crippen molar-refractivity contribution in [1.82, 2.24) is 0 Å². The molecule has 1 aromatic carbocycles. The Balaban J connectivity index is 2.45. The molecule has 2 rings (SSSR count). The first kappa shape index (κ1) is 11.6. The van der Waals surface area contributed by atoms with E-state index in [1.54, 1.807) is 4.90 Å². The van der Waals surface area contributed by atoms with Crippen LogP contribution in [-0.4, -0.2) is 19.5 Å². The molecular weight excluding hydrogens is 268 g/mol. The third-order valence-corrected chi connectivity index (χ3v) is 3.59. The molecule has 0 saturated heterocycles. The molecule has 0 spiro atoms. The van der Waals surface area contributed by atoms with Crippen LogP contribution >= 0.6 is 15.9 Å². The molecule has 2 N–H and O–H groups in total. The van der Waals surface area contributed by atoms with Crippen LogP contribution < -0.4 is 10.6 Å². The SMILES string of the molecule is CN1C(=O)CC(CCN)c2cc(Br)ccc21. The second-order valence-corrected chi connectivity index (χ2v) is 5.05. The molecule has 3 nitrogen and oxygen atoms in total. The van der Waals surface area contributed by atoms with Crippen LogP contribution in [0.2, 0.25) is 0 Å². The van der Waals surface area contributed by atoms with Crippen molar-refractivity contribution in [2.45, 2.75) is 18.8 Å². The molecule has 0 bridgehead atoms. The van der Waals surface area contributed by atoms with E-state index in [2.05, 4.69) is 22.0 Å². The maximum absolute atomic E-state index is 11.8. The Morgan fingerprint density at radius 1 is 1.56 bits per heavy atom. The van der Waals surface area contributed by atoms with Crippen molar-refractivity contribution in [2.24, 2.45) is 5.73 Å². The average molecular weight is 283 g/mol. The number of fused-ring (bicyclic) bond motifs is 1. The Kier molecular flexibility index (Phi) is 3.30. The lowest BCUT2D eigenvalue weighted by Crippen LogP contribution is -2.33. The Labute approximate surface area is 104 Å². The summed E-state index contributed by atoms with van der Waals surface area (Å²) in [4.78, 5) is 13.5. The first-order chi connectivity index (χ1) is 7.63. The second-order valence-electron chi connectivity index (χ2n) is 4.13. The molecular formula is C12H15BrN2O. The van der Waals surface area contributed by atoms with Crippen molar-refractivity contribution in [3.05, 3.63) is 28.2 Å². The molecule has 0 radical (unpaired) electrons. The van der Waals surface area contributed by atoms with Gasteiger partial charge >= 0.3 is 0 Å². The van der Waals surface area contributed by atoms with E-state index in [1.165, 1.54) is 5.56 Å². The van der Waals surface area contributed by atoms with Crippen LogP contribution in [0.1, 0.15) is 24.3 Å². The number of carbonyl (C=O) groups excluding carboxylic acids is 1. The van der Waals surface area contributed by atoms with E-state index in [1.807, 2.05) is 19.2 Å². The van der Waals surface area contributed by atoms with Crippen LogP contribution in [0.25, 0.3) is 0 Å². The molecule has 1 unspecified atom stereocenters. The van der Waals surface area contributed by atoms with Gasteiger partial charge in [-0.1, -0.05) is 15.9 Å². The molecule has 16 heavy (non-hydrogen) atoms. The van der Waals surface area contributed by atoms with Crippen LogP contribution in [-0.2, 0) is 4.79 Å². The minimum absolute atomic E-state index is 0.174. The number of halogens is 1. The van der Waals surface area contributed by atoms with Crippen LogP contribution in [0, 0.1) is 0 Å². The Morgan fingerprint density at radius 2 is 2.31 bits per heavy atom. The van der Waals surface area contributed by atoms with Gasteiger partial charge in [0.05, 0.1) is 0 Å². The van der Waals surface area contributed by atoms with Crippen molar-refractivity contribution in [2.75, 3.05) is 18.5 Å². The summed E-state index contributed by atoms with van der Waals surface area (Å²) >= 11 is 3.47. The van der Waals surface area contributed by atoms with Crippen molar-refractivity contribution in [3.8, 4) is 0 Å². The van der Waals surface area contributed by atoms with Gasteiger partial charge in [0.15, 0.2) is 0 Å². The molecule has 0 fully saturated rings. The lowest BCUT2D eigenvalue weighted by Gasteiger charge is -2.31. The van der Waals surface area contributed by atoms with E-state index in [0.717, 1.165) is 16.6 Å². The van der Waals surface area contributed by atoms with Crippen LogP contribution in [0.3, 0.4) is 0 Å². The number of nitrogens with two attached hydrogens (primary N) is 1. The zero-order chi connectivity index (χ0) is 11.7. The molecule has 1 aliphatic heterocycles. The van der Waals surface area contributed by atoms with Gasteiger partial charge in [-0.05, 0) is 42.6 Å². The highest BCUT2D eigenvalue weighted by atomic mass is 79.9. The summed E-state index contributed by atoms with van der Waals surface area (Å²) < 4.78 is 1.05. The lowest BCUT2D eigenvalue weighted by atomic mass is 9.87. The highest BCUT2D eigenvalue weighted by molar-refractivity contribution is 9.10. The first-order valence-corrected chi connectivity index (χ1v) is 6.19. The van der Waals surface area contributed by atoms with E-state index in [4.69, 9.17) is 5.73 Å². The molecule has 1 aliphatic rings. The van der Waals surface area contributed by atoms with Crippen molar-refractivity contribution < 1.29 is 4.79 Å². The van der Waals surface area contributed by atoms with Gasteiger partial charge in [-0.3, -0.25) is 4.79 Å². The van der Waals surface area contributed by atoms with Crippen LogP contribution in [0.5, 0.6) is 0 Å². The number of hydrogen-bond acceptors (Lipinski definition) is 2. The number of amides is 1. The molecule has 0 aromatic heterocycles. The third-order valence-electron chi connectivity index (χ3n) is 3.10. The molecule has 1 heterocycles. The number of carbonyl (C=O) groups is 1. The van der Waals surface area contributed by atoms with Gasteiger partial charge in [0.25, 0.3) is 0 Å². The highest BCUT2D eigenvalue weighted by Crippen LogP contribution is 2.38. The van der Waals surface area contributed by atoms with Gasteiger partial charge < -0.3 is 10.6 Å². The summed E-state index contributed by atoms with van der Waals surface area (Å²) in [6, 6.07) is 6.05. The molecule has 4 heteroatoms. The zero-order valence-electron chi connectivity index (χ0n) is 9.24. The summed E-state index contributed by atoms with van der Waals surface area (Å²) in [6.45, 7) is 0.619. The molecule has 0 aliphatic carbocycles. The van der Waals surface area contributed by atoms with E-state index >= 15 is 0 Å². The van der Waals surface area contributed by atoms with Gasteiger partial charge in [0.1, 0.15) is 0 Å². The Morgan fingerprint density at radius 3 is 3.00 bits per heavy atom. The third kappa shape index (κ3) is 1.99. The van der Waals surface area contributed by atoms with Crippen molar-refractivity contribution in [1.29, 1.82) is 0 Å². The minimum atomic E-state index is 0.174. The summed E-state index contributed by atoms with van der Waals surface area (Å²) in [7, 11) is 1.83. The second kappa shape index (κ2) is 4.55. The molecule has 1 atom stereocenters. The molecule has 86 valence electrons. The normalized spacial score (nSPS) is 19.8. The van der Waals surface area contributed by atoms with Crippen LogP contribution in [0.4, 0.5) is 5.69 Å². The molecule has 1 aromatic rings. The Bertz CT molecular complexity index is 419. The fourth-order valence-electron chi connectivity index (χ4n) is 2.21. The first-order valence-electron chi connectivity index (χ1n) is 5.39. The molecule has 1 amide bonds. The average Bonchev–Trinajstić information content (AvgIpc) is 2.26. The van der Waals surface area contributed by atoms with E-state index in [-0.39, 0.29) is 11.8 Å². The summed E-state index contributed by atoms with van der Waals surface area (Å²) in [5, 5.41) is 0. The van der Waals surface area contributed by atoms with Gasteiger partial charge in [-0.25, -0.2) is 0 Å². The summed E-state index contributed by atoms with van der Waals surface area (Å²) in [5.74, 6) is 0.439. The molecule has 0 saturated carbocycles. The highest BCUT2D eigenvalue weighted by Gasteiger charge is 2.28. The van der Waals surface area contributed by atoms with Gasteiger partial charge in [0.2, 0.25) is 5.91 Å². The van der Waals surface area contributed by atoms with Gasteiger partial charge in [-0.2, -0.15) is 0 Å². The summed E-state index contributed by atoms with van der Waals surface area (Å²) in [5.41, 5.74) is 7.83. The van der Waals surface area contributed by atoms with E-state index < -0.39 is 0 Å². The maximum atomic E-state index is 11.8. The van der Waals surface area contributed by atoms with Crippen molar-refractivity contribution in [3.63, 3.8) is 0 Å². The quantitative estimate of drug-likeness (QED) is 0.904. The number of anilines is 1. The predicted molar refractivity (Wildman–Crippen MR) is 68.6 cm³/mol. The number of rotatable bonds is 2. The lowest BCUT2D eigenvalue weighted by molar-refractivity contribution is -0.119. The van der Waals surface area contributed by atoms with Gasteiger partial charge in [-0.15, -0.1) is 0 Å². The van der Waals surface area contributed by atoms with E-state index in [9.17, 15) is 4.79 Å². The van der Waals surface area contributed by atoms with E-state index in [0.29, 0.717) is 13.0 Å². The Hall–Kier alpha value is -0.870. The summed E-state index contributed by atoms with van der Waals surface area (Å²) in [6.07, 6.45) is 1.43. The topological polar surface area (TPSA) is 46.3 Å². The maximum Gasteiger partial charge on any atom is 0.227 e. The fourth-order valence-corrected chi connectivity index (χ4v) is 2.59. The number of benzene rings is 1. The minimum Gasteiger partial charge on any atom is -0.330 e. The van der Waals surface area contributed by atoms with Gasteiger partial charge in [0, 0.05) is 23.6 Å². The van der Waals surface area contributed by atoms with Crippen LogP contribution in [0.15, 0.2) is 22.7 Å². The van der Waals surface area contributed by atoms with Crippen molar-refractivity contribution >= 4 is 27.5 Å². The smallest absolute Gasteiger partial charge is 0.227 e. The predicted octanol–water partition coefficient (Wildman–Crippen LogP) is 2.25. The largest absolute Gasteiger partial charge is 0.330 e. The number of nitrogens with zero attached hydrogens (tertiary/aromatic N) is 1. The fraction of sp³-hybridized carbons (Fsp3) is 0.417. The number of hydrogen-bond donors (Lipinski definition) is 1. The standard InChI is InChI=1S/C12H15BrN2O/c1-15-11-3-2-9(13)7-10(11)8(4-5-14)6-12(15)16/h2-3,7-8H,4-6,14H2,1H3. The zero-order valence-corrected chi connectivity index (χ0v) is 10.8. The monoisotopic (exact) mass is 282 g/mol.